The summed E-state index contributed by atoms with van der Waals surface area (Å²) in [6.45, 7) is 4.90. The molecule has 46 heavy (non-hydrogen) atoms. The fraction of sp³-hybridized carbons (Fsp3) is 0.379. The Hall–Kier alpha value is -4.22. The molecule has 1 atom stereocenters. The van der Waals surface area contributed by atoms with Crippen LogP contribution < -0.4 is 20.3 Å². The van der Waals surface area contributed by atoms with Gasteiger partial charge in [0.1, 0.15) is 23.2 Å². The molecular formula is C29H32F3N5O7S2. The molecular weight excluding hydrogens is 651 g/mol. The van der Waals surface area contributed by atoms with Crippen LogP contribution in [0.15, 0.2) is 53.4 Å². The standard InChI is InChI=1S/C29H32F3N5O7S2/c1-17(2)20-6-4-19(5-7-20)14-33-26(40)23-16-36(28-35-18(3)25(45-28)27(41)34-15-24(38)39)12-13-37(23)46(42,43)22-10-8-21(9-11-22)44-29(30,31)32/h4-11,17,23H,12-16H2,1-3H3,(H,33,40)(H,34,41)(H,38,39). The lowest BCUT2D eigenvalue weighted by molar-refractivity contribution is -0.274. The van der Waals surface area contributed by atoms with Gasteiger partial charge >= 0.3 is 12.3 Å². The monoisotopic (exact) mass is 683 g/mol. The van der Waals surface area contributed by atoms with Crippen molar-refractivity contribution < 1.29 is 45.8 Å². The van der Waals surface area contributed by atoms with Crippen LogP contribution in [0.1, 0.15) is 46.3 Å². The van der Waals surface area contributed by atoms with Crippen molar-refractivity contribution in [3.8, 4) is 5.75 Å². The summed E-state index contributed by atoms with van der Waals surface area (Å²) < 4.78 is 70.2. The van der Waals surface area contributed by atoms with Gasteiger partial charge in [-0.1, -0.05) is 49.4 Å². The Kier molecular flexibility index (Phi) is 10.6. The molecule has 2 heterocycles. The number of carbonyl (C=O) groups excluding carboxylic acids is 2. The minimum atomic E-state index is -4.96. The van der Waals surface area contributed by atoms with Crippen LogP contribution in [0.5, 0.6) is 5.75 Å². The molecule has 1 aromatic heterocycles. The van der Waals surface area contributed by atoms with E-state index in [9.17, 15) is 36.0 Å². The van der Waals surface area contributed by atoms with Gasteiger partial charge in [-0.15, -0.1) is 13.2 Å². The number of aromatic nitrogens is 1. The number of hydrogen-bond acceptors (Lipinski definition) is 9. The highest BCUT2D eigenvalue weighted by Crippen LogP contribution is 2.31. The van der Waals surface area contributed by atoms with Crippen molar-refractivity contribution in [1.29, 1.82) is 0 Å². The normalized spacial score (nSPS) is 15.9. The number of benzene rings is 2. The highest BCUT2D eigenvalue weighted by atomic mass is 32.2. The number of carboxylic acid groups (broad SMARTS) is 1. The molecule has 17 heteroatoms. The summed E-state index contributed by atoms with van der Waals surface area (Å²) in [4.78, 5) is 42.9. The van der Waals surface area contributed by atoms with Gasteiger partial charge in [-0.05, 0) is 48.2 Å². The van der Waals surface area contributed by atoms with Gasteiger partial charge in [0.15, 0.2) is 5.13 Å². The average molecular weight is 684 g/mol. The number of nitrogens with one attached hydrogen (secondary N) is 2. The van der Waals surface area contributed by atoms with E-state index >= 15 is 0 Å². The summed E-state index contributed by atoms with van der Waals surface area (Å²) in [6, 6.07) is 10.0. The topological polar surface area (TPSA) is 158 Å². The number of amides is 2. The lowest BCUT2D eigenvalue weighted by Gasteiger charge is -2.39. The third-order valence-corrected chi connectivity index (χ3v) is 10.2. The van der Waals surface area contributed by atoms with E-state index in [4.69, 9.17) is 5.11 Å². The number of halogens is 3. The molecule has 0 radical (unpaired) electrons. The Morgan fingerprint density at radius 3 is 2.30 bits per heavy atom. The largest absolute Gasteiger partial charge is 0.573 e. The molecule has 1 saturated heterocycles. The van der Waals surface area contributed by atoms with Crippen LogP contribution in [0, 0.1) is 6.92 Å². The molecule has 0 saturated carbocycles. The Labute approximate surface area is 267 Å². The van der Waals surface area contributed by atoms with Crippen molar-refractivity contribution in [2.75, 3.05) is 31.1 Å². The van der Waals surface area contributed by atoms with Gasteiger partial charge in [0.05, 0.1) is 10.6 Å². The molecule has 0 spiro atoms. The lowest BCUT2D eigenvalue weighted by atomic mass is 10.0. The van der Waals surface area contributed by atoms with Crippen LogP contribution >= 0.6 is 11.3 Å². The number of carbonyl (C=O) groups is 3. The maximum atomic E-state index is 13.7. The SMILES string of the molecule is Cc1nc(N2CCN(S(=O)(=O)c3ccc(OC(F)(F)F)cc3)C(C(=O)NCc3ccc(C(C)C)cc3)C2)sc1C(=O)NCC(=O)O. The summed E-state index contributed by atoms with van der Waals surface area (Å²) in [7, 11) is -4.38. The molecule has 1 aliphatic rings. The number of thiazole rings is 1. The quantitative estimate of drug-likeness (QED) is 0.275. The van der Waals surface area contributed by atoms with Crippen molar-refractivity contribution >= 4 is 44.3 Å². The maximum absolute atomic E-state index is 13.7. The smallest absolute Gasteiger partial charge is 0.480 e. The van der Waals surface area contributed by atoms with Crippen LogP contribution in [-0.4, -0.2) is 79.2 Å². The number of aryl methyl sites for hydroxylation is 1. The molecule has 3 aromatic rings. The third kappa shape index (κ3) is 8.52. The number of anilines is 1. The number of nitrogens with zero attached hydrogens (tertiary/aromatic N) is 3. The van der Waals surface area contributed by atoms with E-state index in [0.717, 1.165) is 51.0 Å². The van der Waals surface area contributed by atoms with Crippen molar-refractivity contribution in [3.05, 3.63) is 70.2 Å². The summed E-state index contributed by atoms with van der Waals surface area (Å²) >= 11 is 0.969. The number of ether oxygens (including phenoxy) is 1. The Bertz CT molecular complexity index is 1680. The molecule has 248 valence electrons. The molecule has 0 aliphatic carbocycles. The highest BCUT2D eigenvalue weighted by molar-refractivity contribution is 7.89. The van der Waals surface area contributed by atoms with Gasteiger partial charge in [-0.25, -0.2) is 13.4 Å². The second-order valence-electron chi connectivity index (χ2n) is 10.7. The summed E-state index contributed by atoms with van der Waals surface area (Å²) in [5.41, 5.74) is 2.22. The van der Waals surface area contributed by atoms with Gasteiger partial charge < -0.3 is 25.4 Å². The first-order valence-electron chi connectivity index (χ1n) is 14.0. The minimum absolute atomic E-state index is 0.0675. The van der Waals surface area contributed by atoms with Crippen LogP contribution in [0.3, 0.4) is 0 Å². The first kappa shape index (κ1) is 34.6. The molecule has 4 rings (SSSR count). The minimum Gasteiger partial charge on any atom is -0.480 e. The van der Waals surface area contributed by atoms with E-state index in [1.807, 2.05) is 38.1 Å². The summed E-state index contributed by atoms with van der Waals surface area (Å²) in [6.07, 6.45) is -4.96. The highest BCUT2D eigenvalue weighted by Gasteiger charge is 2.41. The van der Waals surface area contributed by atoms with Gasteiger partial charge in [0.25, 0.3) is 5.91 Å². The summed E-state index contributed by atoms with van der Waals surface area (Å²) in [5, 5.41) is 14.3. The molecule has 1 unspecified atom stereocenters. The Morgan fingerprint density at radius 2 is 1.72 bits per heavy atom. The molecule has 2 aromatic carbocycles. The van der Waals surface area contributed by atoms with Crippen LogP contribution in [-0.2, 0) is 26.2 Å². The number of carboxylic acids is 1. The fourth-order valence-electron chi connectivity index (χ4n) is 4.68. The molecule has 1 fully saturated rings. The second-order valence-corrected chi connectivity index (χ2v) is 13.6. The van der Waals surface area contributed by atoms with E-state index in [1.54, 1.807) is 11.8 Å². The number of aliphatic carboxylic acids is 1. The number of piperazine rings is 1. The van der Waals surface area contributed by atoms with Crippen LogP contribution in [0.25, 0.3) is 0 Å². The lowest BCUT2D eigenvalue weighted by Crippen LogP contribution is -2.60. The number of sulfonamides is 1. The number of alkyl halides is 3. The number of hydrogen-bond donors (Lipinski definition) is 3. The molecule has 12 nitrogen and oxygen atoms in total. The van der Waals surface area contributed by atoms with Gasteiger partial charge in [0.2, 0.25) is 15.9 Å². The second kappa shape index (κ2) is 14.0. The zero-order chi connectivity index (χ0) is 33.8. The Balaban J connectivity index is 1.59. The molecule has 0 bridgehead atoms. The van der Waals surface area contributed by atoms with Gasteiger partial charge in [-0.3, -0.25) is 14.4 Å². The van der Waals surface area contributed by atoms with Gasteiger partial charge in [-0.2, -0.15) is 4.31 Å². The van der Waals surface area contributed by atoms with E-state index in [0.29, 0.717) is 16.7 Å². The Morgan fingerprint density at radius 1 is 1.07 bits per heavy atom. The fourth-order valence-corrected chi connectivity index (χ4v) is 7.27. The van der Waals surface area contributed by atoms with E-state index < -0.39 is 52.5 Å². The zero-order valence-corrected chi connectivity index (χ0v) is 26.6. The maximum Gasteiger partial charge on any atom is 0.573 e. The predicted molar refractivity (Wildman–Crippen MR) is 162 cm³/mol. The van der Waals surface area contributed by atoms with E-state index in [1.165, 1.54) is 0 Å². The summed E-state index contributed by atoms with van der Waals surface area (Å²) in [5.74, 6) is -2.77. The predicted octanol–water partition coefficient (Wildman–Crippen LogP) is 3.48. The molecule has 2 amide bonds. The zero-order valence-electron chi connectivity index (χ0n) is 25.0. The van der Waals surface area contributed by atoms with Crippen molar-refractivity contribution in [3.63, 3.8) is 0 Å². The average Bonchev–Trinajstić information content (AvgIpc) is 3.39. The van der Waals surface area contributed by atoms with Crippen LogP contribution in [0.4, 0.5) is 18.3 Å². The van der Waals surface area contributed by atoms with E-state index in [2.05, 4.69) is 20.4 Å². The molecule has 3 N–H and O–H groups in total. The first-order chi connectivity index (χ1) is 21.5. The van der Waals surface area contributed by atoms with Crippen molar-refractivity contribution in [1.82, 2.24) is 19.9 Å². The van der Waals surface area contributed by atoms with Crippen molar-refractivity contribution in [2.24, 2.45) is 0 Å². The van der Waals surface area contributed by atoms with Crippen LogP contribution in [0.2, 0.25) is 0 Å². The van der Waals surface area contributed by atoms with Gasteiger partial charge in [0, 0.05) is 26.2 Å². The van der Waals surface area contributed by atoms with Crippen molar-refractivity contribution in [2.45, 2.75) is 50.5 Å². The number of rotatable bonds is 11. The van der Waals surface area contributed by atoms with E-state index in [-0.39, 0.29) is 36.0 Å². The third-order valence-electron chi connectivity index (χ3n) is 7.07. The first-order valence-corrected chi connectivity index (χ1v) is 16.3. The molecule has 1 aliphatic heterocycles.